The number of rotatable bonds is 8. The summed E-state index contributed by atoms with van der Waals surface area (Å²) in [4.78, 5) is 4.91. The molecular formula is C66H59N3. The molecular weight excluding hydrogens is 835 g/mol. The number of hydrogen-bond donors (Lipinski definition) is 0. The van der Waals surface area contributed by atoms with Gasteiger partial charge in [-0.15, -0.1) is 0 Å². The number of anilines is 6. The van der Waals surface area contributed by atoms with Crippen molar-refractivity contribution in [1.82, 2.24) is 4.57 Å². The SMILES string of the molecule is Cc1ccc(N(c2ccc(C(C)(C)C)cc2)c2cc3c(c4ccccc24)c2c4ccccc4c(N(c4ccc(C)cc4)c4ccc(C(C)(C)C)cc4)cc2n3-c2ccc(-c3ccccc3)cc2)cc1. The molecule has 0 saturated heterocycles. The molecule has 69 heavy (non-hydrogen) atoms. The molecule has 0 aliphatic rings. The first kappa shape index (κ1) is 43.7. The fraction of sp³-hybridized carbons (Fsp3) is 0.152. The third-order valence-corrected chi connectivity index (χ3v) is 14.0. The van der Waals surface area contributed by atoms with E-state index in [-0.39, 0.29) is 10.8 Å². The summed E-state index contributed by atoms with van der Waals surface area (Å²) in [5, 5.41) is 7.29. The van der Waals surface area contributed by atoms with E-state index in [1.165, 1.54) is 65.7 Å². The van der Waals surface area contributed by atoms with Crippen molar-refractivity contribution in [2.75, 3.05) is 9.80 Å². The molecule has 0 N–H and O–H groups in total. The van der Waals surface area contributed by atoms with Gasteiger partial charge in [0.2, 0.25) is 0 Å². The molecule has 0 amide bonds. The molecule has 0 radical (unpaired) electrons. The average Bonchev–Trinajstić information content (AvgIpc) is 3.70. The van der Waals surface area contributed by atoms with Crippen LogP contribution in [0.25, 0.3) is 60.2 Å². The molecule has 0 bridgehead atoms. The van der Waals surface area contributed by atoms with Gasteiger partial charge in [0.15, 0.2) is 0 Å². The molecule has 1 heterocycles. The molecule has 11 aromatic rings. The third kappa shape index (κ3) is 7.92. The van der Waals surface area contributed by atoms with Gasteiger partial charge in [0, 0.05) is 50.0 Å². The van der Waals surface area contributed by atoms with Gasteiger partial charge in [-0.05, 0) is 131 Å². The second-order valence-electron chi connectivity index (χ2n) is 20.9. The van der Waals surface area contributed by atoms with E-state index in [0.29, 0.717) is 0 Å². The molecule has 11 rings (SSSR count). The minimum absolute atomic E-state index is 0.0301. The summed E-state index contributed by atoms with van der Waals surface area (Å²) >= 11 is 0. The molecule has 0 fully saturated rings. The molecule has 0 saturated carbocycles. The highest BCUT2D eigenvalue weighted by molar-refractivity contribution is 6.32. The van der Waals surface area contributed by atoms with Crippen LogP contribution >= 0.6 is 0 Å². The van der Waals surface area contributed by atoms with Gasteiger partial charge in [-0.3, -0.25) is 0 Å². The second kappa shape index (κ2) is 17.0. The standard InChI is InChI=1S/C66H59N3/c1-44-22-32-50(33-23-44)67(52-38-28-48(29-39-52)65(3,4)5)59-42-61-63(57-20-14-12-18-55(57)59)64-58-21-15-13-19-56(58)60(43-62(64)69(61)54-36-26-47(27-37-54)46-16-10-9-11-17-46)68(51-34-24-45(2)25-35-51)53-40-30-49(31-41-53)66(6,7)8/h9-43H,1-8H3. The number of aryl methyl sites for hydroxylation is 2. The summed E-state index contributed by atoms with van der Waals surface area (Å²) in [6.45, 7) is 18.0. The minimum atomic E-state index is 0.0301. The van der Waals surface area contributed by atoms with Gasteiger partial charge in [-0.2, -0.15) is 0 Å². The Hall–Kier alpha value is -7.88. The van der Waals surface area contributed by atoms with Gasteiger partial charge in [0.1, 0.15) is 0 Å². The Balaban J connectivity index is 1.26. The molecule has 338 valence electrons. The zero-order valence-corrected chi connectivity index (χ0v) is 41.0. The third-order valence-electron chi connectivity index (χ3n) is 14.0. The number of aromatic nitrogens is 1. The summed E-state index contributed by atoms with van der Waals surface area (Å²) in [6.07, 6.45) is 0. The average molecular weight is 894 g/mol. The molecule has 0 aliphatic carbocycles. The highest BCUT2D eigenvalue weighted by Crippen LogP contribution is 2.50. The monoisotopic (exact) mass is 893 g/mol. The Morgan fingerprint density at radius 3 is 1.04 bits per heavy atom. The number of benzene rings is 10. The van der Waals surface area contributed by atoms with Gasteiger partial charge in [0.25, 0.3) is 0 Å². The van der Waals surface area contributed by atoms with E-state index < -0.39 is 0 Å². The van der Waals surface area contributed by atoms with Gasteiger partial charge in [-0.25, -0.2) is 0 Å². The summed E-state index contributed by atoms with van der Waals surface area (Å²) in [6, 6.07) is 79.1. The predicted octanol–water partition coefficient (Wildman–Crippen LogP) is 18.9. The maximum absolute atomic E-state index is 2.53. The van der Waals surface area contributed by atoms with Gasteiger partial charge < -0.3 is 14.4 Å². The van der Waals surface area contributed by atoms with Crippen molar-refractivity contribution in [3.8, 4) is 16.8 Å². The Morgan fingerprint density at radius 2 is 0.667 bits per heavy atom. The van der Waals surface area contributed by atoms with Crippen molar-refractivity contribution in [1.29, 1.82) is 0 Å². The van der Waals surface area contributed by atoms with E-state index in [9.17, 15) is 0 Å². The number of fused-ring (bicyclic) bond motifs is 7. The van der Waals surface area contributed by atoms with Crippen LogP contribution in [0.3, 0.4) is 0 Å². The smallest absolute Gasteiger partial charge is 0.0568 e. The lowest BCUT2D eigenvalue weighted by atomic mass is 9.87. The lowest BCUT2D eigenvalue weighted by Crippen LogP contribution is -2.13. The van der Waals surface area contributed by atoms with Crippen LogP contribution in [-0.2, 0) is 10.8 Å². The van der Waals surface area contributed by atoms with Crippen molar-refractivity contribution >= 4 is 77.5 Å². The first-order valence-electron chi connectivity index (χ1n) is 24.3. The van der Waals surface area contributed by atoms with E-state index in [1.807, 2.05) is 0 Å². The van der Waals surface area contributed by atoms with Crippen LogP contribution in [0, 0.1) is 13.8 Å². The van der Waals surface area contributed by atoms with Crippen LogP contribution < -0.4 is 9.80 Å². The molecule has 0 aliphatic heterocycles. The van der Waals surface area contributed by atoms with Crippen LogP contribution in [-0.4, -0.2) is 4.57 Å². The van der Waals surface area contributed by atoms with Crippen molar-refractivity contribution in [2.24, 2.45) is 0 Å². The van der Waals surface area contributed by atoms with Crippen LogP contribution in [0.4, 0.5) is 34.1 Å². The fourth-order valence-corrected chi connectivity index (χ4v) is 10.2. The largest absolute Gasteiger partial charge is 0.310 e. The molecule has 1 aromatic heterocycles. The van der Waals surface area contributed by atoms with Gasteiger partial charge >= 0.3 is 0 Å². The Kier molecular flexibility index (Phi) is 10.8. The van der Waals surface area contributed by atoms with Crippen LogP contribution in [0.5, 0.6) is 0 Å². The first-order valence-corrected chi connectivity index (χ1v) is 24.3. The molecule has 0 atom stereocenters. The summed E-state index contributed by atoms with van der Waals surface area (Å²) in [5.41, 5.74) is 17.6. The van der Waals surface area contributed by atoms with Crippen LogP contribution in [0.2, 0.25) is 0 Å². The summed E-state index contributed by atoms with van der Waals surface area (Å²) in [5.74, 6) is 0. The summed E-state index contributed by atoms with van der Waals surface area (Å²) in [7, 11) is 0. The van der Waals surface area contributed by atoms with Crippen LogP contribution in [0.15, 0.2) is 212 Å². The lowest BCUT2D eigenvalue weighted by Gasteiger charge is -2.28. The Bertz CT molecular complexity index is 3440. The number of nitrogens with zero attached hydrogens (tertiary/aromatic N) is 3. The molecule has 0 spiro atoms. The predicted molar refractivity (Wildman–Crippen MR) is 297 cm³/mol. The highest BCUT2D eigenvalue weighted by Gasteiger charge is 2.27. The fourth-order valence-electron chi connectivity index (χ4n) is 10.2. The maximum Gasteiger partial charge on any atom is 0.0568 e. The Labute approximate surface area is 407 Å². The van der Waals surface area contributed by atoms with E-state index in [4.69, 9.17) is 0 Å². The van der Waals surface area contributed by atoms with Crippen LogP contribution in [0.1, 0.15) is 63.8 Å². The van der Waals surface area contributed by atoms with E-state index in [2.05, 4.69) is 282 Å². The van der Waals surface area contributed by atoms with Crippen molar-refractivity contribution < 1.29 is 0 Å². The van der Waals surface area contributed by atoms with E-state index >= 15 is 0 Å². The molecule has 10 aromatic carbocycles. The zero-order chi connectivity index (χ0) is 47.6. The number of hydrogen-bond acceptors (Lipinski definition) is 2. The topological polar surface area (TPSA) is 11.4 Å². The Morgan fingerprint density at radius 1 is 0.333 bits per heavy atom. The zero-order valence-electron chi connectivity index (χ0n) is 41.0. The van der Waals surface area contributed by atoms with E-state index in [0.717, 1.165) is 50.8 Å². The quantitative estimate of drug-likeness (QED) is 0.151. The first-order chi connectivity index (χ1) is 33.3. The molecule has 0 unspecified atom stereocenters. The van der Waals surface area contributed by atoms with E-state index in [1.54, 1.807) is 0 Å². The van der Waals surface area contributed by atoms with Crippen molar-refractivity contribution in [3.05, 3.63) is 235 Å². The van der Waals surface area contributed by atoms with Crippen molar-refractivity contribution in [3.63, 3.8) is 0 Å². The van der Waals surface area contributed by atoms with Gasteiger partial charge in [0.05, 0.1) is 22.4 Å². The lowest BCUT2D eigenvalue weighted by molar-refractivity contribution is 0.590. The second-order valence-corrected chi connectivity index (χ2v) is 20.9. The molecule has 3 heteroatoms. The molecule has 3 nitrogen and oxygen atoms in total. The normalized spacial score (nSPS) is 12.1. The highest BCUT2D eigenvalue weighted by atomic mass is 15.2. The van der Waals surface area contributed by atoms with Gasteiger partial charge in [-0.1, -0.05) is 192 Å². The maximum atomic E-state index is 2.53. The minimum Gasteiger partial charge on any atom is -0.310 e. The van der Waals surface area contributed by atoms with Crippen molar-refractivity contribution in [2.45, 2.75) is 66.2 Å². The summed E-state index contributed by atoms with van der Waals surface area (Å²) < 4.78 is 2.53.